The van der Waals surface area contributed by atoms with E-state index in [0.717, 1.165) is 17.3 Å². The summed E-state index contributed by atoms with van der Waals surface area (Å²) in [6.45, 7) is 8.25. The van der Waals surface area contributed by atoms with Crippen molar-refractivity contribution in [3.05, 3.63) is 9.81 Å². The summed E-state index contributed by atoms with van der Waals surface area (Å²) < 4.78 is 0.943. The molecule has 3 aliphatic rings. The molecule has 2 aliphatic heterocycles. The van der Waals surface area contributed by atoms with E-state index in [4.69, 9.17) is 0 Å². The van der Waals surface area contributed by atoms with Gasteiger partial charge in [-0.05, 0) is 26.4 Å². The normalized spacial score (nSPS) is 36.9. The van der Waals surface area contributed by atoms with E-state index in [9.17, 15) is 9.59 Å². The first-order chi connectivity index (χ1) is 10.1. The van der Waals surface area contributed by atoms with Crippen LogP contribution in [0.2, 0.25) is 0 Å². The van der Waals surface area contributed by atoms with E-state index in [-0.39, 0.29) is 27.2 Å². The number of hydrogen-bond acceptors (Lipinski definition) is 6. The second-order valence-electron chi connectivity index (χ2n) is 7.56. The van der Waals surface area contributed by atoms with Crippen LogP contribution < -0.4 is 0 Å². The molecular formula is C16H24N2O2S2. The van der Waals surface area contributed by atoms with Crippen LogP contribution in [-0.2, 0) is 9.59 Å². The van der Waals surface area contributed by atoms with Gasteiger partial charge in [-0.2, -0.15) is 0 Å². The molecule has 0 bridgehead atoms. The number of Topliss-reactive ketones (excluding diaryl/α,β-unsaturated/α-hetero) is 2. The Labute approximate surface area is 141 Å². The van der Waals surface area contributed by atoms with Crippen LogP contribution >= 0.6 is 23.5 Å². The molecule has 0 amide bonds. The summed E-state index contributed by atoms with van der Waals surface area (Å²) in [6.07, 6.45) is 0.956. The molecule has 0 spiro atoms. The van der Waals surface area contributed by atoms with Crippen molar-refractivity contribution in [1.29, 1.82) is 0 Å². The van der Waals surface area contributed by atoms with Crippen molar-refractivity contribution in [2.24, 2.45) is 5.41 Å². The zero-order valence-corrected chi connectivity index (χ0v) is 15.6. The van der Waals surface area contributed by atoms with E-state index in [0.29, 0.717) is 18.4 Å². The number of rotatable bonds is 0. The van der Waals surface area contributed by atoms with E-state index >= 15 is 0 Å². The summed E-state index contributed by atoms with van der Waals surface area (Å²) in [5.41, 5.74) is 0.280. The van der Waals surface area contributed by atoms with Gasteiger partial charge in [0.25, 0.3) is 0 Å². The molecule has 3 fully saturated rings. The van der Waals surface area contributed by atoms with Crippen LogP contribution in [0, 0.1) is 5.41 Å². The molecule has 0 N–H and O–H groups in total. The number of fused-ring (bicyclic) bond motifs is 1. The number of nitrogens with zero attached hydrogens (tertiary/aromatic N) is 2. The van der Waals surface area contributed by atoms with E-state index in [1.54, 1.807) is 23.5 Å². The van der Waals surface area contributed by atoms with Crippen LogP contribution in [0.5, 0.6) is 0 Å². The van der Waals surface area contributed by atoms with Gasteiger partial charge in [-0.25, -0.2) is 0 Å². The average Bonchev–Trinajstić information content (AvgIpc) is 2.72. The first kappa shape index (κ1) is 16.6. The van der Waals surface area contributed by atoms with Gasteiger partial charge >= 0.3 is 0 Å². The van der Waals surface area contributed by atoms with Crippen molar-refractivity contribution >= 4 is 35.1 Å². The third-order valence-corrected chi connectivity index (χ3v) is 8.45. The van der Waals surface area contributed by atoms with Crippen molar-refractivity contribution < 1.29 is 9.59 Å². The molecule has 3 rings (SSSR count). The van der Waals surface area contributed by atoms with E-state index < -0.39 is 0 Å². The molecule has 2 heterocycles. The lowest BCUT2D eigenvalue weighted by Gasteiger charge is -2.47. The van der Waals surface area contributed by atoms with Gasteiger partial charge in [0.05, 0.1) is 20.1 Å². The topological polar surface area (TPSA) is 40.6 Å². The summed E-state index contributed by atoms with van der Waals surface area (Å²) in [5, 5.41) is 0.286. The Morgan fingerprint density at radius 1 is 1.05 bits per heavy atom. The molecule has 0 aromatic heterocycles. The highest BCUT2D eigenvalue weighted by atomic mass is 32.2. The predicted molar refractivity (Wildman–Crippen MR) is 92.7 cm³/mol. The number of piperazine rings is 1. The van der Waals surface area contributed by atoms with Gasteiger partial charge in [0.15, 0.2) is 11.6 Å². The lowest BCUT2D eigenvalue weighted by atomic mass is 9.74. The number of hydrogen-bond donors (Lipinski definition) is 0. The number of carbonyl (C=O) groups excluding carboxylic acids is 2. The van der Waals surface area contributed by atoms with Gasteiger partial charge in [-0.1, -0.05) is 37.4 Å². The number of ketones is 2. The molecule has 1 saturated carbocycles. The monoisotopic (exact) mass is 340 g/mol. The van der Waals surface area contributed by atoms with Gasteiger partial charge in [-0.15, -0.1) is 0 Å². The van der Waals surface area contributed by atoms with E-state index in [1.807, 2.05) is 13.8 Å². The molecular weight excluding hydrogens is 316 g/mol. The quantitative estimate of drug-likeness (QED) is 0.499. The highest BCUT2D eigenvalue weighted by Gasteiger charge is 2.52. The lowest BCUT2D eigenvalue weighted by molar-refractivity contribution is -0.127. The maximum absolute atomic E-state index is 12.5. The summed E-state index contributed by atoms with van der Waals surface area (Å²) in [6, 6.07) is 0. The Kier molecular flexibility index (Phi) is 4.04. The number of thioether (sulfide) groups is 2. The van der Waals surface area contributed by atoms with Crippen LogP contribution in [-0.4, -0.2) is 58.8 Å². The molecule has 0 aromatic carbocycles. The molecule has 22 heavy (non-hydrogen) atoms. The first-order valence-corrected chi connectivity index (χ1v) is 9.41. The van der Waals surface area contributed by atoms with Crippen LogP contribution in [0.25, 0.3) is 0 Å². The molecule has 4 nitrogen and oxygen atoms in total. The molecule has 0 radical (unpaired) electrons. The molecule has 122 valence electrons. The molecule has 2 saturated heterocycles. The second kappa shape index (κ2) is 5.36. The number of likely N-dealkylation sites (N-methyl/N-ethyl adjacent to an activating group) is 2. The minimum Gasteiger partial charge on any atom is -0.294 e. The lowest BCUT2D eigenvalue weighted by Crippen LogP contribution is -2.59. The maximum Gasteiger partial charge on any atom is 0.168 e. The Balaban J connectivity index is 1.96. The minimum atomic E-state index is -0.198. The van der Waals surface area contributed by atoms with Crippen LogP contribution in [0.1, 0.15) is 33.6 Å². The van der Waals surface area contributed by atoms with Crippen LogP contribution in [0.3, 0.4) is 0 Å². The minimum absolute atomic E-state index is 0.0313. The van der Waals surface area contributed by atoms with Crippen molar-refractivity contribution in [2.45, 2.75) is 43.9 Å². The summed E-state index contributed by atoms with van der Waals surface area (Å²) in [7, 11) is 4.26. The van der Waals surface area contributed by atoms with Crippen molar-refractivity contribution in [1.82, 2.24) is 9.80 Å². The van der Waals surface area contributed by atoms with Crippen molar-refractivity contribution in [2.75, 3.05) is 27.2 Å². The predicted octanol–water partition coefficient (Wildman–Crippen LogP) is 2.56. The van der Waals surface area contributed by atoms with E-state index in [1.165, 1.54) is 0 Å². The molecule has 0 aromatic rings. The average molecular weight is 341 g/mol. The SMILES string of the molecule is CN1CCN(C)C2(C)SC(=C3C(=O)CC(C)(C)CC3=O)SC12. The molecule has 6 heteroatoms. The maximum atomic E-state index is 12.5. The molecule has 2 atom stereocenters. The fourth-order valence-corrected chi connectivity index (χ4v) is 7.21. The van der Waals surface area contributed by atoms with Gasteiger partial charge < -0.3 is 0 Å². The summed E-state index contributed by atoms with van der Waals surface area (Å²) >= 11 is 3.41. The third kappa shape index (κ3) is 2.58. The molecule has 2 unspecified atom stereocenters. The first-order valence-electron chi connectivity index (χ1n) is 7.72. The van der Waals surface area contributed by atoms with Crippen molar-refractivity contribution in [3.63, 3.8) is 0 Å². The molecule has 1 aliphatic carbocycles. The van der Waals surface area contributed by atoms with Crippen LogP contribution in [0.4, 0.5) is 0 Å². The number of carbonyl (C=O) groups is 2. The summed E-state index contributed by atoms with van der Waals surface area (Å²) in [4.78, 5) is 29.7. The van der Waals surface area contributed by atoms with Gasteiger partial charge in [0.2, 0.25) is 0 Å². The second-order valence-corrected chi connectivity index (χ2v) is 10.3. The largest absolute Gasteiger partial charge is 0.294 e. The standard InChI is InChI=1S/C16H24N2O2S2/c1-15(2)8-10(19)12(11(20)9-15)13-21-14-16(3,22-13)18(5)7-6-17(14)4/h14H,6-9H2,1-5H3. The highest BCUT2D eigenvalue weighted by molar-refractivity contribution is 8.26. The highest BCUT2D eigenvalue weighted by Crippen LogP contribution is 2.58. The Morgan fingerprint density at radius 2 is 1.64 bits per heavy atom. The zero-order valence-electron chi connectivity index (χ0n) is 13.9. The van der Waals surface area contributed by atoms with Crippen molar-refractivity contribution in [3.8, 4) is 0 Å². The van der Waals surface area contributed by atoms with Gasteiger partial charge in [0, 0.05) is 25.9 Å². The van der Waals surface area contributed by atoms with Gasteiger partial charge in [0.1, 0.15) is 0 Å². The Hall–Kier alpha value is -0.300. The zero-order chi connectivity index (χ0) is 16.3. The Bertz CT molecular complexity index is 550. The smallest absolute Gasteiger partial charge is 0.168 e. The Morgan fingerprint density at radius 3 is 2.18 bits per heavy atom. The summed E-state index contributed by atoms with van der Waals surface area (Å²) in [5.74, 6) is 0.0626. The van der Waals surface area contributed by atoms with Crippen LogP contribution in [0.15, 0.2) is 9.81 Å². The van der Waals surface area contributed by atoms with E-state index in [2.05, 4.69) is 30.8 Å². The third-order valence-electron chi connectivity index (χ3n) is 4.96. The number of allylic oxidation sites excluding steroid dienone is 1. The fraction of sp³-hybridized carbons (Fsp3) is 0.750. The fourth-order valence-electron chi connectivity index (χ4n) is 3.49. The van der Waals surface area contributed by atoms with Gasteiger partial charge in [-0.3, -0.25) is 19.4 Å².